The van der Waals surface area contributed by atoms with Gasteiger partial charge in [-0.3, -0.25) is 14.4 Å². The Labute approximate surface area is 191 Å². The van der Waals surface area contributed by atoms with E-state index in [0.29, 0.717) is 31.2 Å². The predicted molar refractivity (Wildman–Crippen MR) is 122 cm³/mol. The van der Waals surface area contributed by atoms with Crippen molar-refractivity contribution < 1.29 is 29.0 Å². The molecule has 0 heterocycles. The number of esters is 2. The SMILES string of the molecule is CCC(C)(CC)C(=O)Oc1ccc(C[C@H](N)C(=O)O)cc1OC(=O)C(C)(CC)CC.Cl. The van der Waals surface area contributed by atoms with E-state index in [0.717, 1.165) is 0 Å². The second-order valence-electron chi connectivity index (χ2n) is 8.24. The van der Waals surface area contributed by atoms with Gasteiger partial charge in [0.25, 0.3) is 0 Å². The minimum absolute atomic E-state index is 0. The van der Waals surface area contributed by atoms with Crippen molar-refractivity contribution in [2.75, 3.05) is 0 Å². The number of hydrogen-bond acceptors (Lipinski definition) is 6. The number of nitrogens with two attached hydrogens (primary N) is 1. The lowest BCUT2D eigenvalue weighted by Gasteiger charge is -2.26. The Hall–Kier alpha value is -2.12. The van der Waals surface area contributed by atoms with E-state index >= 15 is 0 Å². The van der Waals surface area contributed by atoms with Crippen molar-refractivity contribution in [3.05, 3.63) is 23.8 Å². The van der Waals surface area contributed by atoms with Crippen LogP contribution in [0.4, 0.5) is 0 Å². The predicted octanol–water partition coefficient (Wildman–Crippen LogP) is 4.53. The third kappa shape index (κ3) is 7.21. The van der Waals surface area contributed by atoms with Crippen LogP contribution in [0.25, 0.3) is 0 Å². The van der Waals surface area contributed by atoms with Crippen LogP contribution in [-0.2, 0) is 20.8 Å². The van der Waals surface area contributed by atoms with Crippen molar-refractivity contribution in [1.29, 1.82) is 0 Å². The van der Waals surface area contributed by atoms with E-state index in [4.69, 9.17) is 20.3 Å². The average molecular weight is 458 g/mol. The molecule has 31 heavy (non-hydrogen) atoms. The molecule has 1 atom stereocenters. The highest BCUT2D eigenvalue weighted by atomic mass is 35.5. The number of ether oxygens (including phenoxy) is 2. The number of carboxylic acids is 1. The number of hydrogen-bond donors (Lipinski definition) is 2. The highest BCUT2D eigenvalue weighted by Gasteiger charge is 2.34. The van der Waals surface area contributed by atoms with E-state index in [1.165, 1.54) is 12.1 Å². The maximum atomic E-state index is 12.8. The van der Waals surface area contributed by atoms with Crippen molar-refractivity contribution in [1.82, 2.24) is 0 Å². The highest BCUT2D eigenvalue weighted by Crippen LogP contribution is 2.36. The van der Waals surface area contributed by atoms with Gasteiger partial charge in [-0.2, -0.15) is 0 Å². The molecule has 0 bridgehead atoms. The third-order valence-electron chi connectivity index (χ3n) is 6.29. The number of benzene rings is 1. The van der Waals surface area contributed by atoms with Crippen molar-refractivity contribution >= 4 is 30.3 Å². The first-order valence-electron chi connectivity index (χ1n) is 10.5. The van der Waals surface area contributed by atoms with Gasteiger partial charge in [-0.1, -0.05) is 33.8 Å². The van der Waals surface area contributed by atoms with Crippen molar-refractivity contribution in [2.45, 2.75) is 79.7 Å². The summed E-state index contributed by atoms with van der Waals surface area (Å²) in [5, 5.41) is 9.07. The molecule has 0 saturated carbocycles. The molecule has 8 heteroatoms. The molecule has 7 nitrogen and oxygen atoms in total. The zero-order chi connectivity index (χ0) is 23.1. The fourth-order valence-corrected chi connectivity index (χ4v) is 2.71. The molecule has 0 saturated heterocycles. The van der Waals surface area contributed by atoms with Gasteiger partial charge in [0.05, 0.1) is 10.8 Å². The molecule has 176 valence electrons. The van der Waals surface area contributed by atoms with Crippen molar-refractivity contribution in [3.8, 4) is 11.5 Å². The molecule has 1 rings (SSSR count). The first-order chi connectivity index (χ1) is 14.0. The smallest absolute Gasteiger partial charge is 0.320 e. The van der Waals surface area contributed by atoms with Gasteiger partial charge in [-0.25, -0.2) is 0 Å². The lowest BCUT2D eigenvalue weighted by atomic mass is 9.85. The lowest BCUT2D eigenvalue weighted by molar-refractivity contribution is -0.148. The Morgan fingerprint density at radius 2 is 1.32 bits per heavy atom. The van der Waals surface area contributed by atoms with Gasteiger partial charge in [0.1, 0.15) is 6.04 Å². The Bertz CT molecular complexity index is 771. The van der Waals surface area contributed by atoms with Crippen LogP contribution in [0.1, 0.15) is 72.8 Å². The largest absolute Gasteiger partial charge is 0.480 e. The van der Waals surface area contributed by atoms with Gasteiger partial charge in [-0.15, -0.1) is 12.4 Å². The minimum atomic E-state index is -1.13. The van der Waals surface area contributed by atoms with Crippen LogP contribution in [0.15, 0.2) is 18.2 Å². The maximum absolute atomic E-state index is 12.8. The zero-order valence-electron chi connectivity index (χ0n) is 19.3. The van der Waals surface area contributed by atoms with Crippen molar-refractivity contribution in [3.63, 3.8) is 0 Å². The molecule has 0 unspecified atom stereocenters. The summed E-state index contributed by atoms with van der Waals surface area (Å²) in [5.74, 6) is -1.75. The van der Waals surface area contributed by atoms with E-state index in [-0.39, 0.29) is 30.3 Å². The van der Waals surface area contributed by atoms with Crippen LogP contribution in [0.3, 0.4) is 0 Å². The number of carbonyl (C=O) groups excluding carboxylic acids is 2. The van der Waals surface area contributed by atoms with Gasteiger partial charge in [0, 0.05) is 0 Å². The number of carboxylic acid groups (broad SMARTS) is 1. The van der Waals surface area contributed by atoms with Gasteiger partial charge in [0.2, 0.25) is 0 Å². The quantitative estimate of drug-likeness (QED) is 0.370. The third-order valence-corrected chi connectivity index (χ3v) is 6.29. The number of rotatable bonds is 11. The van der Waals surface area contributed by atoms with Crippen LogP contribution in [0.5, 0.6) is 11.5 Å². The summed E-state index contributed by atoms with van der Waals surface area (Å²) in [5.41, 5.74) is 4.85. The highest BCUT2D eigenvalue weighted by molar-refractivity contribution is 5.85. The zero-order valence-corrected chi connectivity index (χ0v) is 20.1. The Kier molecular flexibility index (Phi) is 11.2. The molecule has 0 amide bonds. The first kappa shape index (κ1) is 28.9. The molecular weight excluding hydrogens is 422 g/mol. The number of aliphatic carboxylic acids is 1. The number of halogens is 1. The van der Waals surface area contributed by atoms with Gasteiger partial charge in [-0.05, 0) is 63.6 Å². The summed E-state index contributed by atoms with van der Waals surface area (Å²) in [6, 6.07) is 3.56. The Balaban J connectivity index is 0.00000900. The minimum Gasteiger partial charge on any atom is -0.480 e. The summed E-state index contributed by atoms with van der Waals surface area (Å²) >= 11 is 0. The van der Waals surface area contributed by atoms with Gasteiger partial charge in [0.15, 0.2) is 11.5 Å². The van der Waals surface area contributed by atoms with Crippen LogP contribution >= 0.6 is 12.4 Å². The summed E-state index contributed by atoms with van der Waals surface area (Å²) in [4.78, 5) is 36.6. The first-order valence-corrected chi connectivity index (χ1v) is 10.5. The molecule has 1 aromatic carbocycles. The summed E-state index contributed by atoms with van der Waals surface area (Å²) in [7, 11) is 0. The van der Waals surface area contributed by atoms with Crippen LogP contribution in [0, 0.1) is 10.8 Å². The standard InChI is InChI=1S/C23H35NO6.ClH/c1-7-22(5,8-2)20(27)29-17-12-11-15(13-16(24)19(25)26)14-18(17)30-21(28)23(6,9-3)10-4;/h11-12,14,16H,7-10,13,24H2,1-6H3,(H,25,26);1H/t16-;/m0./s1. The molecule has 0 aliphatic heterocycles. The fraction of sp³-hybridized carbons (Fsp3) is 0.609. The Morgan fingerprint density at radius 1 is 0.903 bits per heavy atom. The monoisotopic (exact) mass is 457 g/mol. The molecule has 0 fully saturated rings. The normalized spacial score (nSPS) is 12.5. The van der Waals surface area contributed by atoms with Gasteiger partial charge >= 0.3 is 17.9 Å². The summed E-state index contributed by atoms with van der Waals surface area (Å²) < 4.78 is 11.3. The Morgan fingerprint density at radius 3 is 1.71 bits per heavy atom. The molecule has 3 N–H and O–H groups in total. The molecule has 0 radical (unpaired) electrons. The molecule has 1 aromatic rings. The van der Waals surface area contributed by atoms with E-state index in [9.17, 15) is 14.4 Å². The average Bonchev–Trinajstić information content (AvgIpc) is 2.73. The molecule has 0 aliphatic carbocycles. The van der Waals surface area contributed by atoms with E-state index in [2.05, 4.69) is 0 Å². The van der Waals surface area contributed by atoms with Gasteiger partial charge < -0.3 is 20.3 Å². The second-order valence-corrected chi connectivity index (χ2v) is 8.24. The summed E-state index contributed by atoms with van der Waals surface area (Å²) in [6.45, 7) is 11.3. The second kappa shape index (κ2) is 12.1. The molecular formula is C23H36ClNO6. The van der Waals surface area contributed by atoms with E-state index in [1.54, 1.807) is 6.07 Å². The topological polar surface area (TPSA) is 116 Å². The van der Waals surface area contributed by atoms with Crippen molar-refractivity contribution in [2.24, 2.45) is 16.6 Å². The summed E-state index contributed by atoms with van der Waals surface area (Å²) in [6.07, 6.45) is 2.43. The molecule has 0 aromatic heterocycles. The van der Waals surface area contributed by atoms with E-state index < -0.39 is 34.8 Å². The molecule has 0 aliphatic rings. The lowest BCUT2D eigenvalue weighted by Crippen LogP contribution is -2.33. The van der Waals surface area contributed by atoms with Crippen LogP contribution < -0.4 is 15.2 Å². The molecule has 0 spiro atoms. The van der Waals surface area contributed by atoms with Crippen LogP contribution in [-0.4, -0.2) is 29.1 Å². The van der Waals surface area contributed by atoms with E-state index in [1.807, 2.05) is 41.5 Å². The van der Waals surface area contributed by atoms with Crippen LogP contribution in [0.2, 0.25) is 0 Å². The maximum Gasteiger partial charge on any atom is 0.320 e. The number of carbonyl (C=O) groups is 3. The fourth-order valence-electron chi connectivity index (χ4n) is 2.71.